The summed E-state index contributed by atoms with van der Waals surface area (Å²) in [5.74, 6) is -0.221. The molecule has 0 fully saturated rings. The van der Waals surface area contributed by atoms with Crippen LogP contribution >= 0.6 is 11.6 Å². The predicted octanol–water partition coefficient (Wildman–Crippen LogP) is 5.94. The molecule has 5 heteroatoms. The highest BCUT2D eigenvalue weighted by Gasteiger charge is 2.14. The van der Waals surface area contributed by atoms with Crippen molar-refractivity contribution in [1.82, 2.24) is 5.32 Å². The summed E-state index contributed by atoms with van der Waals surface area (Å²) in [6.07, 6.45) is 17.1. The molecule has 0 aromatic heterocycles. The van der Waals surface area contributed by atoms with Crippen LogP contribution in [0.15, 0.2) is 29.3 Å². The highest BCUT2D eigenvalue weighted by molar-refractivity contribution is 6.30. The van der Waals surface area contributed by atoms with Crippen molar-refractivity contribution >= 4 is 23.7 Å². The molecule has 0 spiro atoms. The van der Waals surface area contributed by atoms with Crippen molar-refractivity contribution in [3.8, 4) is 0 Å². The van der Waals surface area contributed by atoms with Gasteiger partial charge in [0, 0.05) is 17.8 Å². The molecule has 1 rings (SSSR count). The van der Waals surface area contributed by atoms with Crippen molar-refractivity contribution in [1.29, 1.82) is 0 Å². The van der Waals surface area contributed by atoms with E-state index in [9.17, 15) is 9.90 Å². The summed E-state index contributed by atoms with van der Waals surface area (Å²) in [5, 5.41) is 13.0. The van der Waals surface area contributed by atoms with Gasteiger partial charge in [0.1, 0.15) is 0 Å². The number of nitrogens with one attached hydrogen (secondary N) is 1. The Morgan fingerprint density at radius 2 is 1.48 bits per heavy atom. The summed E-state index contributed by atoms with van der Waals surface area (Å²) in [5.41, 5.74) is 0.849. The Morgan fingerprint density at radius 3 is 2.00 bits per heavy atom. The van der Waals surface area contributed by atoms with Crippen LogP contribution in [0.2, 0.25) is 5.02 Å². The summed E-state index contributed by atoms with van der Waals surface area (Å²) >= 11 is 5.85. The van der Waals surface area contributed by atoms with Gasteiger partial charge in [0.2, 0.25) is 5.91 Å². The third-order valence-electron chi connectivity index (χ3n) is 5.08. The van der Waals surface area contributed by atoms with Crippen LogP contribution in [0.1, 0.15) is 89.5 Å². The van der Waals surface area contributed by atoms with Gasteiger partial charge >= 0.3 is 0 Å². The zero-order valence-corrected chi connectivity index (χ0v) is 18.8. The first-order chi connectivity index (χ1) is 14.2. The summed E-state index contributed by atoms with van der Waals surface area (Å²) in [6, 6.07) is 6.42. The number of rotatable bonds is 17. The highest BCUT2D eigenvalue weighted by Crippen LogP contribution is 2.12. The number of aliphatic hydroxyl groups excluding tert-OH is 1. The van der Waals surface area contributed by atoms with Crippen LogP contribution in [-0.2, 0) is 4.79 Å². The fourth-order valence-electron chi connectivity index (χ4n) is 3.22. The molecule has 0 radical (unpaired) electrons. The molecule has 164 valence electrons. The summed E-state index contributed by atoms with van der Waals surface area (Å²) in [6.45, 7) is 2.60. The van der Waals surface area contributed by atoms with E-state index in [1.54, 1.807) is 18.3 Å². The average Bonchev–Trinajstić information content (AvgIpc) is 2.73. The van der Waals surface area contributed by atoms with Crippen LogP contribution in [0.5, 0.6) is 0 Å². The standard InChI is InChI=1S/C24H39ClN2O2/c1-2-3-4-5-6-7-8-9-10-11-12-13-18-26-24(29)23(20-28)27-19-21-14-16-22(25)17-15-21/h14-17,19,23,28H,2-13,18,20H2,1H3,(H,26,29). The first kappa shape index (κ1) is 25.6. The number of benzene rings is 1. The Kier molecular flexibility index (Phi) is 15.4. The lowest BCUT2D eigenvalue weighted by Gasteiger charge is -2.10. The summed E-state index contributed by atoms with van der Waals surface area (Å²) in [7, 11) is 0. The van der Waals surface area contributed by atoms with E-state index in [0.29, 0.717) is 11.6 Å². The van der Waals surface area contributed by atoms with E-state index >= 15 is 0 Å². The lowest BCUT2D eigenvalue weighted by atomic mass is 10.1. The number of hydrogen-bond donors (Lipinski definition) is 2. The largest absolute Gasteiger partial charge is 0.394 e. The van der Waals surface area contributed by atoms with Crippen LogP contribution < -0.4 is 5.32 Å². The normalized spacial score (nSPS) is 12.4. The number of amides is 1. The van der Waals surface area contributed by atoms with Gasteiger partial charge in [-0.2, -0.15) is 0 Å². The van der Waals surface area contributed by atoms with E-state index in [0.717, 1.165) is 18.4 Å². The van der Waals surface area contributed by atoms with Gasteiger partial charge in [-0.3, -0.25) is 9.79 Å². The van der Waals surface area contributed by atoms with Crippen LogP contribution in [-0.4, -0.2) is 36.4 Å². The Bertz CT molecular complexity index is 561. The molecule has 0 aliphatic rings. The Labute approximate surface area is 182 Å². The molecule has 4 nitrogen and oxygen atoms in total. The van der Waals surface area contributed by atoms with Gasteiger partial charge in [0.05, 0.1) is 6.61 Å². The van der Waals surface area contributed by atoms with Gasteiger partial charge in [-0.25, -0.2) is 0 Å². The number of nitrogens with zero attached hydrogens (tertiary/aromatic N) is 1. The molecule has 0 aliphatic heterocycles. The van der Waals surface area contributed by atoms with Crippen LogP contribution in [0.25, 0.3) is 0 Å². The number of carbonyl (C=O) groups excluding carboxylic acids is 1. The lowest BCUT2D eigenvalue weighted by molar-refractivity contribution is -0.123. The van der Waals surface area contributed by atoms with Gasteiger partial charge in [0.15, 0.2) is 6.04 Å². The van der Waals surface area contributed by atoms with Crippen molar-refractivity contribution in [2.24, 2.45) is 4.99 Å². The average molecular weight is 423 g/mol. The monoisotopic (exact) mass is 422 g/mol. The van der Waals surface area contributed by atoms with Crippen molar-refractivity contribution in [2.75, 3.05) is 13.2 Å². The van der Waals surface area contributed by atoms with Gasteiger partial charge in [-0.15, -0.1) is 0 Å². The molecule has 0 bridgehead atoms. The lowest BCUT2D eigenvalue weighted by Crippen LogP contribution is -2.36. The highest BCUT2D eigenvalue weighted by atomic mass is 35.5. The molecule has 0 saturated carbocycles. The van der Waals surface area contributed by atoms with E-state index in [2.05, 4.69) is 17.2 Å². The number of hydrogen-bond acceptors (Lipinski definition) is 3. The van der Waals surface area contributed by atoms with E-state index in [4.69, 9.17) is 11.6 Å². The quantitative estimate of drug-likeness (QED) is 0.241. The molecular weight excluding hydrogens is 384 g/mol. The van der Waals surface area contributed by atoms with Crippen molar-refractivity contribution in [2.45, 2.75) is 90.0 Å². The van der Waals surface area contributed by atoms with Gasteiger partial charge in [0.25, 0.3) is 0 Å². The maximum Gasteiger partial charge on any atom is 0.247 e. The van der Waals surface area contributed by atoms with Crippen LogP contribution in [0.3, 0.4) is 0 Å². The van der Waals surface area contributed by atoms with Crippen molar-refractivity contribution in [3.05, 3.63) is 34.9 Å². The first-order valence-corrected chi connectivity index (χ1v) is 11.7. The molecule has 1 amide bonds. The first-order valence-electron chi connectivity index (χ1n) is 11.3. The zero-order chi connectivity index (χ0) is 21.2. The second kappa shape index (κ2) is 17.5. The fourth-order valence-corrected chi connectivity index (χ4v) is 3.34. The van der Waals surface area contributed by atoms with Gasteiger partial charge in [-0.1, -0.05) is 101 Å². The molecule has 0 saturated heterocycles. The number of aliphatic hydroxyl groups is 1. The fraction of sp³-hybridized carbons (Fsp3) is 0.667. The molecule has 0 aliphatic carbocycles. The Balaban J connectivity index is 2.04. The van der Waals surface area contributed by atoms with Crippen LogP contribution in [0, 0.1) is 0 Å². The van der Waals surface area contributed by atoms with Crippen molar-refractivity contribution < 1.29 is 9.90 Å². The minimum Gasteiger partial charge on any atom is -0.394 e. The summed E-state index contributed by atoms with van der Waals surface area (Å²) < 4.78 is 0. The minimum absolute atomic E-state index is 0.221. The Morgan fingerprint density at radius 1 is 0.966 bits per heavy atom. The molecule has 1 aromatic carbocycles. The third kappa shape index (κ3) is 13.5. The molecule has 1 aromatic rings. The van der Waals surface area contributed by atoms with Crippen LogP contribution in [0.4, 0.5) is 0 Å². The molecule has 29 heavy (non-hydrogen) atoms. The molecule has 1 unspecified atom stereocenters. The minimum atomic E-state index is -0.761. The SMILES string of the molecule is CCCCCCCCCCCCCCNC(=O)C(CO)N=Cc1ccc(Cl)cc1. The smallest absolute Gasteiger partial charge is 0.247 e. The Hall–Kier alpha value is -1.39. The second-order valence-electron chi connectivity index (χ2n) is 7.71. The molecular formula is C24H39ClN2O2. The zero-order valence-electron chi connectivity index (χ0n) is 18.0. The van der Waals surface area contributed by atoms with E-state index in [1.165, 1.54) is 64.2 Å². The molecule has 0 heterocycles. The number of halogens is 1. The van der Waals surface area contributed by atoms with Crippen molar-refractivity contribution in [3.63, 3.8) is 0 Å². The predicted molar refractivity (Wildman–Crippen MR) is 124 cm³/mol. The van der Waals surface area contributed by atoms with E-state index < -0.39 is 6.04 Å². The topological polar surface area (TPSA) is 61.7 Å². The second-order valence-corrected chi connectivity index (χ2v) is 8.14. The van der Waals surface area contributed by atoms with E-state index in [-0.39, 0.29) is 12.5 Å². The molecule has 1 atom stereocenters. The van der Waals surface area contributed by atoms with Gasteiger partial charge < -0.3 is 10.4 Å². The summed E-state index contributed by atoms with van der Waals surface area (Å²) in [4.78, 5) is 16.3. The number of unbranched alkanes of at least 4 members (excludes halogenated alkanes) is 11. The van der Waals surface area contributed by atoms with E-state index in [1.807, 2.05) is 12.1 Å². The van der Waals surface area contributed by atoms with Gasteiger partial charge in [-0.05, 0) is 24.1 Å². The number of carbonyl (C=O) groups is 1. The third-order valence-corrected chi connectivity index (χ3v) is 5.33. The number of aliphatic imine (C=N–C) groups is 1. The maximum absolute atomic E-state index is 12.1. The maximum atomic E-state index is 12.1. The molecule has 2 N–H and O–H groups in total.